The summed E-state index contributed by atoms with van der Waals surface area (Å²) in [7, 11) is 4.32. The van der Waals surface area contributed by atoms with Crippen LogP contribution in [0, 0.1) is 0 Å². The molecule has 0 unspecified atom stereocenters. The number of likely N-dealkylation sites (tertiary alicyclic amines) is 2. The maximum Gasteiger partial charge on any atom is 1.00 e. The first kappa shape index (κ1) is 90.3. The number of ether oxygens (including phenoxy) is 2. The molecule has 8 heterocycles. The summed E-state index contributed by atoms with van der Waals surface area (Å²) in [5.74, 6) is -1.46. The van der Waals surface area contributed by atoms with E-state index >= 15 is 0 Å². The van der Waals surface area contributed by atoms with Gasteiger partial charge in [-0.1, -0.05) is 112 Å². The third kappa shape index (κ3) is 31.8. The molecule has 4 saturated heterocycles. The van der Waals surface area contributed by atoms with E-state index in [4.69, 9.17) is 25.2 Å². The number of halogens is 1. The number of carbonyl (C=O) groups is 8. The zero-order chi connectivity index (χ0) is 73.9. The molecule has 0 aliphatic carbocycles. The first-order chi connectivity index (χ1) is 49.0. The molecule has 4 aromatic rings. The van der Waals surface area contributed by atoms with Crippen LogP contribution in [0.25, 0.3) is 0 Å². The summed E-state index contributed by atoms with van der Waals surface area (Å²) in [5, 5.41) is 7.63. The number of carbonyl (C=O) groups excluding carboxylic acids is 8. The average molecular weight is 1510 g/mol. The first-order valence-electron chi connectivity index (χ1n) is 36.5. The number of piperidine rings is 2. The molecule has 6 aliphatic rings. The Morgan fingerprint density at radius 2 is 0.952 bits per heavy atom. The molecule has 4 fully saturated rings. The number of amides is 2. The Bertz CT molecular complexity index is 3240. The number of aliphatic imine (C=N–C) groups is 2. The maximum atomic E-state index is 14.2. The second-order valence-corrected chi connectivity index (χ2v) is 29.3. The van der Waals surface area contributed by atoms with Gasteiger partial charge in [0.05, 0.1) is 24.2 Å². The molecule has 2 aromatic heterocycles. The number of Topliss-reactive ketones (excluding diaryl/α,β-unsaturated/α-hetero) is 3. The van der Waals surface area contributed by atoms with Gasteiger partial charge in [0.1, 0.15) is 30.1 Å². The van der Waals surface area contributed by atoms with Gasteiger partial charge < -0.3 is 67.4 Å². The molecule has 28 heteroatoms. The van der Waals surface area contributed by atoms with Crippen LogP contribution in [-0.2, 0) is 75.1 Å². The predicted molar refractivity (Wildman–Crippen MR) is 407 cm³/mol. The molecule has 10 rings (SSSR count). The fourth-order valence-electron chi connectivity index (χ4n) is 13.1. The van der Waals surface area contributed by atoms with Crippen LogP contribution in [-0.4, -0.2) is 217 Å². The predicted octanol–water partition coefficient (Wildman–Crippen LogP) is 7.25. The molecular weight excluding hydrogens is 1390 g/mol. The summed E-state index contributed by atoms with van der Waals surface area (Å²) >= 11 is 3.33. The smallest absolute Gasteiger partial charge is 0.793 e. The number of piperazine rings is 2. The molecule has 3 radical (unpaired) electrons. The van der Waals surface area contributed by atoms with Gasteiger partial charge in [0.15, 0.2) is 11.6 Å². The second-order valence-electron chi connectivity index (χ2n) is 27.2. The van der Waals surface area contributed by atoms with Crippen LogP contribution in [0.5, 0.6) is 0 Å². The fraction of sp³-hybridized carbons (Fsp3) is 0.605. The zero-order valence-electron chi connectivity index (χ0n) is 63.0. The number of benzene rings is 2. The van der Waals surface area contributed by atoms with E-state index in [0.29, 0.717) is 83.4 Å². The number of rotatable bonds is 24. The quantitative estimate of drug-likeness (QED) is 0.0303. The molecule has 567 valence electrons. The number of nitrogens with one attached hydrogen (secondary N) is 1. The minimum absolute atomic E-state index is 0. The molecule has 6 aliphatic heterocycles. The van der Waals surface area contributed by atoms with Crippen molar-refractivity contribution < 1.29 is 91.8 Å². The number of unbranched alkanes of at least 4 members (excludes halogenated alkanes) is 2. The monoisotopic (exact) mass is 1510 g/mol. The largest absolute Gasteiger partial charge is 1.00 e. The maximum absolute atomic E-state index is 14.2. The first-order valence-corrected chi connectivity index (χ1v) is 38.2. The van der Waals surface area contributed by atoms with Crippen molar-refractivity contribution in [2.75, 3.05) is 78.5 Å². The van der Waals surface area contributed by atoms with Crippen molar-refractivity contribution in [1.29, 1.82) is 0 Å². The van der Waals surface area contributed by atoms with Crippen molar-refractivity contribution >= 4 is 102 Å². The summed E-state index contributed by atoms with van der Waals surface area (Å²) in [6.45, 7) is 24.7. The van der Waals surface area contributed by atoms with E-state index in [-0.39, 0.29) is 108 Å². The van der Waals surface area contributed by atoms with E-state index in [1.165, 1.54) is 95.2 Å². The van der Waals surface area contributed by atoms with Crippen molar-refractivity contribution in [2.24, 2.45) is 15.7 Å². The van der Waals surface area contributed by atoms with Gasteiger partial charge in [-0.15, -0.1) is 35.1 Å². The van der Waals surface area contributed by atoms with Crippen molar-refractivity contribution in [3.63, 3.8) is 0 Å². The normalized spacial score (nSPS) is 20.6. The van der Waals surface area contributed by atoms with E-state index in [1.54, 1.807) is 27.6 Å². The second kappa shape index (κ2) is 49.0. The fourth-order valence-corrected chi connectivity index (χ4v) is 14.5. The Morgan fingerprint density at radius 1 is 0.558 bits per heavy atom. The van der Waals surface area contributed by atoms with Gasteiger partial charge in [-0.25, -0.2) is 29.3 Å². The minimum Gasteiger partial charge on any atom is -0.793 e. The van der Waals surface area contributed by atoms with Crippen molar-refractivity contribution in [1.82, 2.24) is 34.7 Å². The minimum atomic E-state index is -0.639. The summed E-state index contributed by atoms with van der Waals surface area (Å²) < 4.78 is 16.4. The van der Waals surface area contributed by atoms with Gasteiger partial charge in [-0.3, -0.25) is 24.0 Å². The molecule has 0 spiro atoms. The van der Waals surface area contributed by atoms with Gasteiger partial charge in [-0.2, -0.15) is 0 Å². The number of amidine groups is 2. The Labute approximate surface area is 654 Å². The van der Waals surface area contributed by atoms with Crippen LogP contribution < -0.4 is 40.6 Å². The topological polar surface area (TPSA) is 265 Å². The molecular formula is C76H112BClN10NaO13S2. The van der Waals surface area contributed by atoms with Crippen LogP contribution in [0.1, 0.15) is 185 Å². The number of hydrogen-bond donors (Lipinski definition) is 2. The summed E-state index contributed by atoms with van der Waals surface area (Å²) in [5.41, 5.74) is 8.64. The van der Waals surface area contributed by atoms with Gasteiger partial charge in [0, 0.05) is 88.7 Å². The van der Waals surface area contributed by atoms with Gasteiger partial charge in [-0.05, 0) is 165 Å². The van der Waals surface area contributed by atoms with Crippen LogP contribution >= 0.6 is 35.1 Å². The number of nitrogens with zero attached hydrogens (tertiary/aromatic N) is 8. The standard InChI is InChI=1S/C35H51N5O3S.C32H45N5O3S.C4H6O4.C3H6O.C2H3BO2.ClH.Na/c1-26(2)36-30(16-8-11-21-38-19-9-5-10-20-38)34(42)40-23-22-39(25-31(40)32(41)18-17-29-15-12-24-44-29)35-37-27(3)33(43-35)28-13-6-4-7-14-28;1-24-30(25-11-4-2-5-12-25)40-32(34-24)36-20-21-37(28(23-36)29(38)16-15-26-13-10-22-41-26)31(39)27(33)14-6-9-19-35-17-7-3-8-18-35;1-3(5)7-8-4(2)6;1-3(2)4;1-2(4)5-3;;/h4,6-7,12-15,24,26-27,30-31,33,36H,5,8-11,16-23,25H2,1-3H3;2,4-5,10-13,22,24,27-28,30H,3,6-9,14-21,23,33H2,1H3;1-2H3;1-2H3;1H3;1H;/q;;;;-1;;+1/t27-,30+,31-,33+;24-,27+,28-,30+;;;;;/m00...../s1. The number of thiophene rings is 2. The number of ketones is 3. The third-order valence-corrected chi connectivity index (χ3v) is 20.1. The molecule has 3 N–H and O–H groups in total. The molecule has 2 amide bonds. The van der Waals surface area contributed by atoms with E-state index in [2.05, 4.69) is 107 Å². The summed E-state index contributed by atoms with van der Waals surface area (Å²) in [6.07, 6.45) is 15.2. The Morgan fingerprint density at radius 3 is 1.32 bits per heavy atom. The van der Waals surface area contributed by atoms with Crippen molar-refractivity contribution in [2.45, 2.75) is 220 Å². The Balaban J connectivity index is 0.000000355. The SMILES string of the molecule is CC(=O)OOC(C)=O.CC(C)=O.CC(C)N[C@H](CCCCN1CCCCC1)C(=O)N1CCN(C2=N[C@@H](C)[C@H](c3ccccc3)O2)C[C@H]1C(=O)CCc1cccs1.C[C@@H]1N=C(N2CCN(C(=O)[C@H](N)CCCCN3CCCCC3)[C@H](C(=O)CCc3cccs3)C2)O[C@H]1c1ccccc1.Cl.[B-]OC(C)=O.[Na+]. The van der Waals surface area contributed by atoms with E-state index < -0.39 is 36.0 Å². The molecule has 104 heavy (non-hydrogen) atoms. The molecule has 23 nitrogen and oxygen atoms in total. The molecule has 8 atom stereocenters. The number of aryl methyl sites for hydroxylation is 2. The van der Waals surface area contributed by atoms with Gasteiger partial charge in [0.2, 0.25) is 17.8 Å². The van der Waals surface area contributed by atoms with E-state index in [0.717, 1.165) is 70.2 Å². The average Bonchev–Trinajstić information content (AvgIpc) is 1.54. The van der Waals surface area contributed by atoms with Crippen LogP contribution in [0.15, 0.2) is 106 Å². The summed E-state index contributed by atoms with van der Waals surface area (Å²) in [6, 6.07) is 27.8. The third-order valence-electron chi connectivity index (χ3n) is 18.2. The number of hydrogen-bond acceptors (Lipinski definition) is 23. The van der Waals surface area contributed by atoms with Crippen LogP contribution in [0.3, 0.4) is 0 Å². The molecule has 0 saturated carbocycles. The Hall–Kier alpha value is -6.07. The zero-order valence-corrected chi connectivity index (χ0v) is 67.4. The summed E-state index contributed by atoms with van der Waals surface area (Å²) in [4.78, 5) is 126. The molecule has 2 aromatic carbocycles. The molecule has 0 bridgehead atoms. The van der Waals surface area contributed by atoms with Gasteiger partial charge >= 0.3 is 41.5 Å². The van der Waals surface area contributed by atoms with E-state index in [1.807, 2.05) is 69.1 Å². The van der Waals surface area contributed by atoms with Crippen molar-refractivity contribution in [3.8, 4) is 0 Å². The van der Waals surface area contributed by atoms with Crippen molar-refractivity contribution in [3.05, 3.63) is 117 Å². The number of nitrogens with two attached hydrogens (primary N) is 1. The van der Waals surface area contributed by atoms with E-state index in [9.17, 15) is 38.4 Å². The van der Waals surface area contributed by atoms with Gasteiger partial charge in [0.25, 0.3) is 12.0 Å². The Kier molecular flexibility index (Phi) is 42.6. The van der Waals surface area contributed by atoms with Crippen LogP contribution in [0.2, 0.25) is 0 Å². The van der Waals surface area contributed by atoms with Crippen LogP contribution in [0.4, 0.5) is 0 Å².